The van der Waals surface area contributed by atoms with Crippen molar-refractivity contribution in [1.82, 2.24) is 0 Å². The van der Waals surface area contributed by atoms with Crippen molar-refractivity contribution in [3.8, 4) is 0 Å². The maximum absolute atomic E-state index is 12.1. The number of benzene rings is 1. The first-order valence-corrected chi connectivity index (χ1v) is 9.18. The van der Waals surface area contributed by atoms with Gasteiger partial charge in [-0.2, -0.15) is 0 Å². The highest BCUT2D eigenvalue weighted by atomic mass is 32.2. The highest BCUT2D eigenvalue weighted by Gasteiger charge is 2.24. The van der Waals surface area contributed by atoms with E-state index >= 15 is 0 Å². The van der Waals surface area contributed by atoms with E-state index in [1.807, 2.05) is 0 Å². The van der Waals surface area contributed by atoms with E-state index in [2.05, 4.69) is 0 Å². The summed E-state index contributed by atoms with van der Waals surface area (Å²) in [5.41, 5.74) is 0.627. The van der Waals surface area contributed by atoms with Gasteiger partial charge in [0.25, 0.3) is 5.69 Å². The van der Waals surface area contributed by atoms with Crippen molar-refractivity contribution >= 4 is 22.7 Å². The Bertz CT molecular complexity index is 641. The fourth-order valence-electron chi connectivity index (χ4n) is 2.88. The number of rotatable bonds is 7. The lowest BCUT2D eigenvalue weighted by Crippen LogP contribution is -2.22. The predicted octanol–water partition coefficient (Wildman–Crippen LogP) is 2.98. The average molecular weight is 355 g/mol. The smallest absolute Gasteiger partial charge is 0.309 e. The zero-order valence-electron chi connectivity index (χ0n) is 13.5. The molecule has 0 amide bonds. The Hall–Kier alpha value is -1.80. The first-order valence-electron chi connectivity index (χ1n) is 7.91. The lowest BCUT2D eigenvalue weighted by atomic mass is 9.99. The Morgan fingerprint density at radius 3 is 2.71 bits per heavy atom. The molecule has 1 aliphatic carbocycles. The molecule has 2 atom stereocenters. The summed E-state index contributed by atoms with van der Waals surface area (Å²) in [5.74, 6) is -0.983. The molecule has 1 aliphatic rings. The third-order valence-corrected chi connectivity index (χ3v) is 4.71. The summed E-state index contributed by atoms with van der Waals surface area (Å²) in [5, 5.41) is 11.1. The Morgan fingerprint density at radius 1 is 1.46 bits per heavy atom. The van der Waals surface area contributed by atoms with E-state index in [1.54, 1.807) is 13.0 Å². The molecule has 7 nitrogen and oxygen atoms in total. The van der Waals surface area contributed by atoms with Crippen LogP contribution in [-0.4, -0.2) is 25.8 Å². The van der Waals surface area contributed by atoms with Gasteiger partial charge in [0.05, 0.1) is 16.6 Å². The van der Waals surface area contributed by atoms with Gasteiger partial charge in [-0.05, 0) is 37.7 Å². The lowest BCUT2D eigenvalue weighted by Gasteiger charge is -2.16. The minimum Gasteiger partial charge on any atom is -0.462 e. The molecule has 1 N–H and O–H groups in total. The first-order chi connectivity index (χ1) is 11.4. The molecular formula is C16H21NO6S. The SMILES string of the molecule is CC(Cc1ccc(CS(=O)O)c([N+](=O)[O-])c1)C(=O)OC1CCCC1. The molecular weight excluding hydrogens is 334 g/mol. The zero-order valence-corrected chi connectivity index (χ0v) is 14.3. The fourth-order valence-corrected chi connectivity index (χ4v) is 3.40. The molecule has 8 heteroatoms. The average Bonchev–Trinajstić information content (AvgIpc) is 3.00. The summed E-state index contributed by atoms with van der Waals surface area (Å²) in [6, 6.07) is 4.48. The number of ether oxygens (including phenoxy) is 1. The summed E-state index contributed by atoms with van der Waals surface area (Å²) < 4.78 is 25.3. The highest BCUT2D eigenvalue weighted by Crippen LogP contribution is 2.25. The number of nitro groups is 1. The van der Waals surface area contributed by atoms with Gasteiger partial charge in [0, 0.05) is 11.6 Å². The van der Waals surface area contributed by atoms with Crippen molar-refractivity contribution in [2.24, 2.45) is 5.92 Å². The van der Waals surface area contributed by atoms with E-state index in [0.29, 0.717) is 12.0 Å². The van der Waals surface area contributed by atoms with Crippen LogP contribution >= 0.6 is 0 Å². The molecule has 0 saturated heterocycles. The molecule has 2 unspecified atom stereocenters. The van der Waals surface area contributed by atoms with Gasteiger partial charge < -0.3 is 9.29 Å². The third kappa shape index (κ3) is 5.10. The van der Waals surface area contributed by atoms with E-state index in [0.717, 1.165) is 25.7 Å². The van der Waals surface area contributed by atoms with Crippen molar-refractivity contribution in [2.75, 3.05) is 0 Å². The third-order valence-electron chi connectivity index (χ3n) is 4.15. The van der Waals surface area contributed by atoms with Crippen LogP contribution in [0.1, 0.15) is 43.7 Å². The van der Waals surface area contributed by atoms with Crippen LogP contribution in [0.5, 0.6) is 0 Å². The van der Waals surface area contributed by atoms with E-state index in [1.165, 1.54) is 12.1 Å². The van der Waals surface area contributed by atoms with Crippen LogP contribution in [0.3, 0.4) is 0 Å². The molecule has 2 rings (SSSR count). The number of esters is 1. The first kappa shape index (κ1) is 18.5. The second kappa shape index (κ2) is 8.34. The largest absolute Gasteiger partial charge is 0.462 e. The normalized spacial score (nSPS) is 17.4. The van der Waals surface area contributed by atoms with E-state index < -0.39 is 21.9 Å². The summed E-state index contributed by atoms with van der Waals surface area (Å²) in [4.78, 5) is 22.7. The van der Waals surface area contributed by atoms with E-state index in [9.17, 15) is 19.1 Å². The number of carbonyl (C=O) groups excluding carboxylic acids is 1. The zero-order chi connectivity index (χ0) is 17.7. The number of hydrogen-bond donors (Lipinski definition) is 1. The monoisotopic (exact) mass is 355 g/mol. The van der Waals surface area contributed by atoms with Crippen LogP contribution in [0.4, 0.5) is 5.69 Å². The van der Waals surface area contributed by atoms with Gasteiger partial charge in [-0.3, -0.25) is 14.9 Å². The highest BCUT2D eigenvalue weighted by molar-refractivity contribution is 7.78. The quantitative estimate of drug-likeness (QED) is 0.349. The molecule has 1 fully saturated rings. The number of hydrogen-bond acceptors (Lipinski definition) is 5. The molecule has 0 spiro atoms. The summed E-state index contributed by atoms with van der Waals surface area (Å²) in [6.07, 6.45) is 4.28. The second-order valence-electron chi connectivity index (χ2n) is 6.13. The Kier molecular flexibility index (Phi) is 6.44. The maximum Gasteiger partial charge on any atom is 0.309 e. The maximum atomic E-state index is 12.1. The molecule has 0 radical (unpaired) electrons. The van der Waals surface area contributed by atoms with Crippen LogP contribution in [0.2, 0.25) is 0 Å². The van der Waals surface area contributed by atoms with Gasteiger partial charge in [0.1, 0.15) is 6.10 Å². The molecule has 132 valence electrons. The van der Waals surface area contributed by atoms with Crippen LogP contribution < -0.4 is 0 Å². The molecule has 1 saturated carbocycles. The predicted molar refractivity (Wildman–Crippen MR) is 88.8 cm³/mol. The Labute approximate surface area is 142 Å². The topological polar surface area (TPSA) is 107 Å². The van der Waals surface area contributed by atoms with Crippen LogP contribution in [0.25, 0.3) is 0 Å². The van der Waals surface area contributed by atoms with E-state index in [4.69, 9.17) is 9.29 Å². The number of nitrogens with zero attached hydrogens (tertiary/aromatic N) is 1. The molecule has 1 aromatic carbocycles. The van der Waals surface area contributed by atoms with Crippen LogP contribution in [0.15, 0.2) is 18.2 Å². The van der Waals surface area contributed by atoms with Crippen LogP contribution in [-0.2, 0) is 32.8 Å². The molecule has 1 aromatic rings. The van der Waals surface area contributed by atoms with Crippen molar-refractivity contribution in [3.05, 3.63) is 39.4 Å². The Balaban J connectivity index is 2.05. The minimum absolute atomic E-state index is 0.00352. The standard InChI is InChI=1S/C16H21NO6S/c1-11(16(18)23-14-4-2-3-5-14)8-12-6-7-13(10-24(21)22)15(9-12)17(19)20/h6-7,9,11,14H,2-5,8,10H2,1H3,(H,21,22). The number of nitro benzene ring substituents is 1. The summed E-state index contributed by atoms with van der Waals surface area (Å²) in [6.45, 7) is 1.74. The van der Waals surface area contributed by atoms with Crippen molar-refractivity contribution < 1.29 is 23.2 Å². The van der Waals surface area contributed by atoms with Crippen molar-refractivity contribution in [2.45, 2.75) is 50.9 Å². The van der Waals surface area contributed by atoms with Gasteiger partial charge in [0.2, 0.25) is 0 Å². The van der Waals surface area contributed by atoms with Gasteiger partial charge in [-0.1, -0.05) is 19.1 Å². The summed E-state index contributed by atoms with van der Waals surface area (Å²) in [7, 11) is 0. The second-order valence-corrected chi connectivity index (χ2v) is 7.07. The van der Waals surface area contributed by atoms with Gasteiger partial charge >= 0.3 is 5.97 Å². The minimum atomic E-state index is -2.15. The van der Waals surface area contributed by atoms with Crippen LogP contribution in [0, 0.1) is 16.0 Å². The molecule has 0 aliphatic heterocycles. The molecule has 0 bridgehead atoms. The lowest BCUT2D eigenvalue weighted by molar-refractivity contribution is -0.385. The molecule has 0 aromatic heterocycles. The summed E-state index contributed by atoms with van der Waals surface area (Å²) >= 11 is -2.15. The Morgan fingerprint density at radius 2 is 2.12 bits per heavy atom. The van der Waals surface area contributed by atoms with Gasteiger partial charge in [0.15, 0.2) is 11.1 Å². The molecule has 0 heterocycles. The van der Waals surface area contributed by atoms with Crippen molar-refractivity contribution in [1.29, 1.82) is 0 Å². The van der Waals surface area contributed by atoms with Gasteiger partial charge in [-0.25, -0.2) is 4.21 Å². The van der Waals surface area contributed by atoms with Gasteiger partial charge in [-0.15, -0.1) is 0 Å². The number of carbonyl (C=O) groups is 1. The fraction of sp³-hybridized carbons (Fsp3) is 0.562. The van der Waals surface area contributed by atoms with E-state index in [-0.39, 0.29) is 29.1 Å². The van der Waals surface area contributed by atoms with Crippen molar-refractivity contribution in [3.63, 3.8) is 0 Å². The molecule has 24 heavy (non-hydrogen) atoms.